The van der Waals surface area contributed by atoms with Crippen LogP contribution in [0.2, 0.25) is 0 Å². The third-order valence-electron chi connectivity index (χ3n) is 4.69. The minimum absolute atomic E-state index is 0.0814. The van der Waals surface area contributed by atoms with Gasteiger partial charge in [-0.15, -0.1) is 0 Å². The van der Waals surface area contributed by atoms with Crippen LogP contribution < -0.4 is 5.32 Å². The van der Waals surface area contributed by atoms with Crippen LogP contribution in [0.5, 0.6) is 0 Å². The predicted molar refractivity (Wildman–Crippen MR) is 90.9 cm³/mol. The summed E-state index contributed by atoms with van der Waals surface area (Å²) in [5.41, 5.74) is 2.42. The molecule has 2 rings (SSSR count). The number of likely N-dealkylation sites (N-methyl/N-ethyl adjacent to an activating group) is 1. The molecule has 0 aromatic heterocycles. The third-order valence-corrected chi connectivity index (χ3v) is 4.69. The summed E-state index contributed by atoms with van der Waals surface area (Å²) in [6.45, 7) is 11.0. The number of nitrogens with one attached hydrogen (secondary N) is 1. The maximum absolute atomic E-state index is 12.5. The lowest BCUT2D eigenvalue weighted by atomic mass is 10.1. The van der Waals surface area contributed by atoms with Crippen molar-refractivity contribution in [3.8, 4) is 0 Å². The van der Waals surface area contributed by atoms with Crippen LogP contribution >= 0.6 is 0 Å². The molecule has 0 unspecified atom stereocenters. The van der Waals surface area contributed by atoms with Crippen LogP contribution in [0, 0.1) is 6.92 Å². The molecular formula is C18H29N3O. The molecular weight excluding hydrogens is 274 g/mol. The van der Waals surface area contributed by atoms with Crippen molar-refractivity contribution in [3.63, 3.8) is 0 Å². The summed E-state index contributed by atoms with van der Waals surface area (Å²) in [6.07, 6.45) is 2.23. The van der Waals surface area contributed by atoms with Gasteiger partial charge in [0, 0.05) is 25.7 Å². The van der Waals surface area contributed by atoms with Gasteiger partial charge in [-0.1, -0.05) is 38.1 Å². The number of amides is 2. The Kier molecular flexibility index (Phi) is 6.25. The first kappa shape index (κ1) is 16.8. The Labute approximate surface area is 134 Å². The lowest BCUT2D eigenvalue weighted by Crippen LogP contribution is -2.47. The molecule has 1 aliphatic rings. The van der Waals surface area contributed by atoms with Crippen LogP contribution in [0.15, 0.2) is 24.3 Å². The minimum Gasteiger partial charge on any atom is -0.334 e. The molecule has 1 aromatic rings. The summed E-state index contributed by atoms with van der Waals surface area (Å²) in [5, 5.41) is 3.09. The number of carbonyl (C=O) groups is 1. The number of carbonyl (C=O) groups excluding carboxylic acids is 1. The molecule has 1 aromatic carbocycles. The first-order valence-corrected chi connectivity index (χ1v) is 8.47. The molecule has 1 atom stereocenters. The van der Waals surface area contributed by atoms with E-state index in [1.54, 1.807) is 0 Å². The summed E-state index contributed by atoms with van der Waals surface area (Å²) < 4.78 is 0. The Morgan fingerprint density at radius 3 is 2.73 bits per heavy atom. The van der Waals surface area contributed by atoms with Crippen molar-refractivity contribution in [1.82, 2.24) is 15.1 Å². The van der Waals surface area contributed by atoms with Crippen LogP contribution in [0.1, 0.15) is 37.8 Å². The van der Waals surface area contributed by atoms with Crippen molar-refractivity contribution < 1.29 is 4.79 Å². The highest BCUT2D eigenvalue weighted by atomic mass is 16.2. The van der Waals surface area contributed by atoms with E-state index in [2.05, 4.69) is 43.1 Å². The van der Waals surface area contributed by atoms with Crippen LogP contribution in [0.4, 0.5) is 4.79 Å². The van der Waals surface area contributed by atoms with Crippen molar-refractivity contribution in [2.45, 2.75) is 46.2 Å². The molecule has 1 N–H and O–H groups in total. The fraction of sp³-hybridized carbons (Fsp3) is 0.611. The molecule has 0 bridgehead atoms. The molecule has 1 heterocycles. The topological polar surface area (TPSA) is 35.6 Å². The van der Waals surface area contributed by atoms with Gasteiger partial charge in [-0.3, -0.25) is 0 Å². The van der Waals surface area contributed by atoms with Crippen LogP contribution in [0.25, 0.3) is 0 Å². The highest BCUT2D eigenvalue weighted by Gasteiger charge is 2.29. The number of nitrogens with zero attached hydrogens (tertiary/aromatic N) is 2. The van der Waals surface area contributed by atoms with Gasteiger partial charge in [0.05, 0.1) is 0 Å². The number of hydrogen-bond donors (Lipinski definition) is 1. The second-order valence-electron chi connectivity index (χ2n) is 6.06. The molecule has 1 saturated heterocycles. The average molecular weight is 303 g/mol. The van der Waals surface area contributed by atoms with E-state index in [0.717, 1.165) is 39.0 Å². The van der Waals surface area contributed by atoms with Crippen molar-refractivity contribution in [3.05, 3.63) is 35.4 Å². The van der Waals surface area contributed by atoms with Crippen LogP contribution in [-0.2, 0) is 6.54 Å². The van der Waals surface area contributed by atoms with E-state index in [4.69, 9.17) is 0 Å². The normalized spacial score (nSPS) is 18.0. The van der Waals surface area contributed by atoms with E-state index in [1.807, 2.05) is 17.0 Å². The van der Waals surface area contributed by atoms with Crippen molar-refractivity contribution >= 4 is 6.03 Å². The molecule has 0 radical (unpaired) electrons. The number of rotatable bonds is 6. The van der Waals surface area contributed by atoms with Gasteiger partial charge in [-0.05, 0) is 44.0 Å². The molecule has 1 fully saturated rings. The molecule has 0 saturated carbocycles. The summed E-state index contributed by atoms with van der Waals surface area (Å²) in [6, 6.07) is 8.65. The second-order valence-corrected chi connectivity index (χ2v) is 6.06. The molecule has 4 heteroatoms. The largest absolute Gasteiger partial charge is 0.334 e. The fourth-order valence-electron chi connectivity index (χ4n) is 3.15. The number of benzene rings is 1. The highest BCUT2D eigenvalue weighted by molar-refractivity contribution is 5.75. The van der Waals surface area contributed by atoms with Gasteiger partial charge in [-0.25, -0.2) is 4.79 Å². The predicted octanol–water partition coefficient (Wildman–Crippen LogP) is 3.01. The van der Waals surface area contributed by atoms with E-state index in [-0.39, 0.29) is 6.03 Å². The molecule has 1 aliphatic heterocycles. The molecule has 122 valence electrons. The first-order valence-electron chi connectivity index (χ1n) is 8.47. The second kappa shape index (κ2) is 8.18. The van der Waals surface area contributed by atoms with Crippen molar-refractivity contribution in [2.24, 2.45) is 0 Å². The van der Waals surface area contributed by atoms with E-state index in [9.17, 15) is 4.79 Å². The zero-order valence-electron chi connectivity index (χ0n) is 14.1. The zero-order valence-corrected chi connectivity index (χ0v) is 14.1. The molecule has 0 aliphatic carbocycles. The molecule has 4 nitrogen and oxygen atoms in total. The average Bonchev–Trinajstić information content (AvgIpc) is 2.99. The number of urea groups is 1. The maximum atomic E-state index is 12.5. The number of aryl methyl sites for hydroxylation is 1. The quantitative estimate of drug-likeness (QED) is 0.877. The monoisotopic (exact) mass is 303 g/mol. The fourth-order valence-corrected chi connectivity index (χ4v) is 3.15. The Bertz CT molecular complexity index is 485. The van der Waals surface area contributed by atoms with E-state index in [1.165, 1.54) is 11.1 Å². The standard InChI is InChI=1S/C18H29N3O/c1-4-20(5-2)14-17-11-8-12-21(17)18(22)19-13-16-10-7-6-9-15(16)3/h6-7,9-10,17H,4-5,8,11-14H2,1-3H3,(H,19,22)/t17-/m0/s1. The zero-order chi connectivity index (χ0) is 15.9. The van der Waals surface area contributed by atoms with Gasteiger partial charge in [0.15, 0.2) is 0 Å². The van der Waals surface area contributed by atoms with Gasteiger partial charge in [-0.2, -0.15) is 0 Å². The van der Waals surface area contributed by atoms with E-state index in [0.29, 0.717) is 12.6 Å². The van der Waals surface area contributed by atoms with E-state index >= 15 is 0 Å². The Hall–Kier alpha value is -1.55. The molecule has 2 amide bonds. The lowest BCUT2D eigenvalue weighted by molar-refractivity contribution is 0.170. The summed E-state index contributed by atoms with van der Waals surface area (Å²) >= 11 is 0. The summed E-state index contributed by atoms with van der Waals surface area (Å²) in [5.74, 6) is 0. The van der Waals surface area contributed by atoms with Crippen molar-refractivity contribution in [2.75, 3.05) is 26.2 Å². The first-order chi connectivity index (χ1) is 10.7. The van der Waals surface area contributed by atoms with Crippen LogP contribution in [-0.4, -0.2) is 48.1 Å². The Balaban J connectivity index is 1.89. The lowest BCUT2D eigenvalue weighted by Gasteiger charge is -2.29. The van der Waals surface area contributed by atoms with Gasteiger partial charge in [0.25, 0.3) is 0 Å². The number of hydrogen-bond acceptors (Lipinski definition) is 2. The smallest absolute Gasteiger partial charge is 0.317 e. The Morgan fingerprint density at radius 1 is 1.32 bits per heavy atom. The Morgan fingerprint density at radius 2 is 2.05 bits per heavy atom. The maximum Gasteiger partial charge on any atom is 0.317 e. The minimum atomic E-state index is 0.0814. The third kappa shape index (κ3) is 4.23. The van der Waals surface area contributed by atoms with Gasteiger partial charge >= 0.3 is 6.03 Å². The SMILES string of the molecule is CCN(CC)C[C@@H]1CCCN1C(=O)NCc1ccccc1C. The van der Waals surface area contributed by atoms with Crippen LogP contribution in [0.3, 0.4) is 0 Å². The summed E-state index contributed by atoms with van der Waals surface area (Å²) in [4.78, 5) is 16.9. The van der Waals surface area contributed by atoms with Gasteiger partial charge in [0.1, 0.15) is 0 Å². The van der Waals surface area contributed by atoms with Crippen molar-refractivity contribution in [1.29, 1.82) is 0 Å². The highest BCUT2D eigenvalue weighted by Crippen LogP contribution is 2.18. The van der Waals surface area contributed by atoms with E-state index < -0.39 is 0 Å². The van der Waals surface area contributed by atoms with Gasteiger partial charge in [0.2, 0.25) is 0 Å². The van der Waals surface area contributed by atoms with Gasteiger partial charge < -0.3 is 15.1 Å². The summed E-state index contributed by atoms with van der Waals surface area (Å²) in [7, 11) is 0. The molecule has 0 spiro atoms. The molecule has 22 heavy (non-hydrogen) atoms. The number of likely N-dealkylation sites (tertiary alicyclic amines) is 1.